The predicted octanol–water partition coefficient (Wildman–Crippen LogP) is 1.52. The predicted molar refractivity (Wildman–Crippen MR) is 63.9 cm³/mol. The summed E-state index contributed by atoms with van der Waals surface area (Å²) in [6.07, 6.45) is 6.95. The van der Waals surface area contributed by atoms with E-state index in [0.29, 0.717) is 18.6 Å². The third-order valence-electron chi connectivity index (χ3n) is 3.60. The van der Waals surface area contributed by atoms with E-state index in [0.717, 1.165) is 19.7 Å². The lowest BCUT2D eigenvalue weighted by atomic mass is 9.83. The molecular weight excluding hydrogens is 188 g/mol. The largest absolute Gasteiger partial charge is 0.379 e. The molecule has 0 saturated heterocycles. The van der Waals surface area contributed by atoms with Crippen LogP contribution < -0.4 is 11.1 Å². The van der Waals surface area contributed by atoms with Gasteiger partial charge in [0.15, 0.2) is 0 Å². The van der Waals surface area contributed by atoms with Gasteiger partial charge in [-0.15, -0.1) is 0 Å². The van der Waals surface area contributed by atoms with Gasteiger partial charge in [-0.25, -0.2) is 0 Å². The molecule has 1 fully saturated rings. The Hall–Kier alpha value is -0.120. The number of nitrogens with one attached hydrogen (secondary N) is 1. The van der Waals surface area contributed by atoms with E-state index in [9.17, 15) is 0 Å². The fraction of sp³-hybridized carbons (Fsp3) is 1.00. The van der Waals surface area contributed by atoms with E-state index in [2.05, 4.69) is 12.2 Å². The molecule has 1 saturated carbocycles. The highest BCUT2D eigenvalue weighted by Gasteiger charge is 2.31. The number of rotatable bonds is 8. The van der Waals surface area contributed by atoms with E-state index in [1.54, 1.807) is 0 Å². The lowest BCUT2D eigenvalue weighted by molar-refractivity contribution is 0.139. The monoisotopic (exact) mass is 214 g/mol. The number of hydrogen-bond donors (Lipinski definition) is 2. The summed E-state index contributed by atoms with van der Waals surface area (Å²) in [7, 11) is 0. The Bertz CT molecular complexity index is 156. The summed E-state index contributed by atoms with van der Waals surface area (Å²) in [4.78, 5) is 0. The topological polar surface area (TPSA) is 47.3 Å². The van der Waals surface area contributed by atoms with Crippen LogP contribution in [0.5, 0.6) is 0 Å². The Morgan fingerprint density at radius 3 is 2.60 bits per heavy atom. The molecule has 1 rings (SSSR count). The molecule has 0 aliphatic heterocycles. The van der Waals surface area contributed by atoms with Crippen molar-refractivity contribution in [3.63, 3.8) is 0 Å². The van der Waals surface area contributed by atoms with Crippen molar-refractivity contribution < 1.29 is 4.74 Å². The normalized spacial score (nSPS) is 19.6. The van der Waals surface area contributed by atoms with Crippen molar-refractivity contribution in [2.75, 3.05) is 32.8 Å². The van der Waals surface area contributed by atoms with Crippen molar-refractivity contribution in [1.82, 2.24) is 5.32 Å². The minimum Gasteiger partial charge on any atom is -0.379 e. The third-order valence-corrected chi connectivity index (χ3v) is 3.60. The Morgan fingerprint density at radius 1 is 1.27 bits per heavy atom. The lowest BCUT2D eigenvalue weighted by Crippen LogP contribution is -2.33. The maximum Gasteiger partial charge on any atom is 0.0591 e. The first-order valence-electron chi connectivity index (χ1n) is 6.31. The Morgan fingerprint density at radius 2 is 2.00 bits per heavy atom. The van der Waals surface area contributed by atoms with Gasteiger partial charge in [0, 0.05) is 19.6 Å². The van der Waals surface area contributed by atoms with Crippen LogP contribution in [0.3, 0.4) is 0 Å². The van der Waals surface area contributed by atoms with Crippen molar-refractivity contribution in [2.45, 2.75) is 39.0 Å². The van der Waals surface area contributed by atoms with E-state index < -0.39 is 0 Å². The molecule has 0 heterocycles. The first-order valence-corrected chi connectivity index (χ1v) is 6.31. The quantitative estimate of drug-likeness (QED) is 0.602. The summed E-state index contributed by atoms with van der Waals surface area (Å²) in [6, 6.07) is 0. The van der Waals surface area contributed by atoms with E-state index in [-0.39, 0.29) is 0 Å². The molecule has 3 heteroatoms. The summed E-state index contributed by atoms with van der Waals surface area (Å²) in [5.41, 5.74) is 5.93. The molecule has 0 aromatic carbocycles. The van der Waals surface area contributed by atoms with Gasteiger partial charge in [-0.3, -0.25) is 0 Å². The Labute approximate surface area is 93.8 Å². The number of ether oxygens (including phenoxy) is 1. The molecule has 0 radical (unpaired) electrons. The minimum absolute atomic E-state index is 0.591. The summed E-state index contributed by atoms with van der Waals surface area (Å²) in [6.45, 7) is 6.53. The molecule has 1 aliphatic carbocycles. The van der Waals surface area contributed by atoms with E-state index in [1.807, 2.05) is 0 Å². The third kappa shape index (κ3) is 4.49. The van der Waals surface area contributed by atoms with Crippen LogP contribution in [-0.4, -0.2) is 32.8 Å². The van der Waals surface area contributed by atoms with E-state index in [1.165, 1.54) is 32.1 Å². The second kappa shape index (κ2) is 7.20. The average Bonchev–Trinajstić information content (AvgIpc) is 2.73. The van der Waals surface area contributed by atoms with Gasteiger partial charge in [0.25, 0.3) is 0 Å². The zero-order chi connectivity index (χ0) is 11.0. The van der Waals surface area contributed by atoms with Gasteiger partial charge >= 0.3 is 0 Å². The average molecular weight is 214 g/mol. The molecule has 0 aromatic rings. The highest BCUT2D eigenvalue weighted by atomic mass is 16.5. The summed E-state index contributed by atoms with van der Waals surface area (Å²) >= 11 is 0. The van der Waals surface area contributed by atoms with Crippen molar-refractivity contribution >= 4 is 0 Å². The maximum atomic E-state index is 5.34. The summed E-state index contributed by atoms with van der Waals surface area (Å²) < 4.78 is 5.33. The van der Waals surface area contributed by atoms with Crippen LogP contribution in [0.4, 0.5) is 0 Å². The van der Waals surface area contributed by atoms with Gasteiger partial charge in [-0.1, -0.05) is 19.8 Å². The van der Waals surface area contributed by atoms with Gasteiger partial charge in [0.2, 0.25) is 0 Å². The first-order chi connectivity index (χ1) is 7.33. The SMILES string of the molecule is CCC1(CNCCOCCN)CCCC1. The van der Waals surface area contributed by atoms with Crippen molar-refractivity contribution in [3.05, 3.63) is 0 Å². The van der Waals surface area contributed by atoms with Crippen LogP contribution in [0.1, 0.15) is 39.0 Å². The Kier molecular flexibility index (Phi) is 6.22. The molecule has 0 unspecified atom stereocenters. The van der Waals surface area contributed by atoms with Gasteiger partial charge in [0.05, 0.1) is 13.2 Å². The van der Waals surface area contributed by atoms with Crippen LogP contribution in [0.25, 0.3) is 0 Å². The minimum atomic E-state index is 0.591. The maximum absolute atomic E-state index is 5.34. The van der Waals surface area contributed by atoms with Gasteiger partial charge < -0.3 is 15.8 Å². The summed E-state index contributed by atoms with van der Waals surface area (Å²) in [5, 5.41) is 3.51. The molecule has 0 amide bonds. The van der Waals surface area contributed by atoms with Crippen molar-refractivity contribution in [1.29, 1.82) is 0 Å². The van der Waals surface area contributed by atoms with Gasteiger partial charge in [-0.2, -0.15) is 0 Å². The van der Waals surface area contributed by atoms with E-state index in [4.69, 9.17) is 10.5 Å². The molecule has 15 heavy (non-hydrogen) atoms. The van der Waals surface area contributed by atoms with Crippen LogP contribution >= 0.6 is 0 Å². The fourth-order valence-corrected chi connectivity index (χ4v) is 2.46. The molecule has 90 valence electrons. The Balaban J connectivity index is 2.02. The fourth-order valence-electron chi connectivity index (χ4n) is 2.46. The molecule has 3 N–H and O–H groups in total. The van der Waals surface area contributed by atoms with Crippen molar-refractivity contribution in [3.8, 4) is 0 Å². The second-order valence-electron chi connectivity index (χ2n) is 4.64. The smallest absolute Gasteiger partial charge is 0.0591 e. The van der Waals surface area contributed by atoms with Crippen molar-refractivity contribution in [2.24, 2.45) is 11.1 Å². The molecule has 0 spiro atoms. The van der Waals surface area contributed by atoms with Crippen LogP contribution in [0.15, 0.2) is 0 Å². The molecule has 0 aromatic heterocycles. The number of nitrogens with two attached hydrogens (primary N) is 1. The van der Waals surface area contributed by atoms with Crippen LogP contribution in [0, 0.1) is 5.41 Å². The molecule has 0 atom stereocenters. The van der Waals surface area contributed by atoms with Gasteiger partial charge in [0.1, 0.15) is 0 Å². The number of hydrogen-bond acceptors (Lipinski definition) is 3. The highest BCUT2D eigenvalue weighted by Crippen LogP contribution is 2.40. The zero-order valence-corrected chi connectivity index (χ0v) is 10.1. The van der Waals surface area contributed by atoms with Gasteiger partial charge in [-0.05, 0) is 24.7 Å². The van der Waals surface area contributed by atoms with Crippen LogP contribution in [-0.2, 0) is 4.74 Å². The molecule has 0 bridgehead atoms. The molecular formula is C12H26N2O. The highest BCUT2D eigenvalue weighted by molar-refractivity contribution is 4.85. The second-order valence-corrected chi connectivity index (χ2v) is 4.64. The first kappa shape index (κ1) is 12.9. The van der Waals surface area contributed by atoms with E-state index >= 15 is 0 Å². The molecule has 3 nitrogen and oxygen atoms in total. The standard InChI is InChI=1S/C12H26N2O/c1-2-12(5-3-4-6-12)11-14-8-10-15-9-7-13/h14H,2-11,13H2,1H3. The van der Waals surface area contributed by atoms with Crippen LogP contribution in [0.2, 0.25) is 0 Å². The summed E-state index contributed by atoms with van der Waals surface area (Å²) in [5.74, 6) is 0. The zero-order valence-electron chi connectivity index (χ0n) is 10.1. The lowest BCUT2D eigenvalue weighted by Gasteiger charge is -2.27. The molecule has 1 aliphatic rings.